The highest BCUT2D eigenvalue weighted by Crippen LogP contribution is 2.14. The number of amides is 1. The van der Waals surface area contributed by atoms with Crippen molar-refractivity contribution in [2.75, 3.05) is 13.1 Å². The van der Waals surface area contributed by atoms with Gasteiger partial charge in [0.15, 0.2) is 0 Å². The van der Waals surface area contributed by atoms with E-state index in [0.717, 1.165) is 0 Å². The molecule has 1 amide bonds. The number of hydrogen-bond donors (Lipinski definition) is 2. The van der Waals surface area contributed by atoms with Gasteiger partial charge in [0, 0.05) is 12.1 Å². The fraction of sp³-hybridized carbons (Fsp3) is 0.500. The van der Waals surface area contributed by atoms with Crippen LogP contribution in [0.4, 0.5) is 0 Å². The first kappa shape index (κ1) is 14.5. The zero-order chi connectivity index (χ0) is 13.5. The van der Waals surface area contributed by atoms with Crippen LogP contribution in [0.5, 0.6) is 5.75 Å². The minimum Gasteiger partial charge on any atom is -0.491 e. The number of nitrogens with two attached hydrogens (primary N) is 1. The third-order valence-electron chi connectivity index (χ3n) is 2.48. The summed E-state index contributed by atoms with van der Waals surface area (Å²) in [6.07, 6.45) is 0.0978. The summed E-state index contributed by atoms with van der Waals surface area (Å²) in [6.45, 7) is 7.06. The van der Waals surface area contributed by atoms with E-state index in [0.29, 0.717) is 24.4 Å². The Balaban J connectivity index is 2.62. The topological polar surface area (TPSA) is 64.3 Å². The van der Waals surface area contributed by atoms with Crippen LogP contribution >= 0.6 is 0 Å². The molecule has 0 bridgehead atoms. The van der Waals surface area contributed by atoms with Crippen LogP contribution in [0.2, 0.25) is 0 Å². The van der Waals surface area contributed by atoms with Crippen LogP contribution in [0.3, 0.4) is 0 Å². The van der Waals surface area contributed by atoms with Crippen LogP contribution in [0.25, 0.3) is 0 Å². The van der Waals surface area contributed by atoms with Gasteiger partial charge in [-0.05, 0) is 44.5 Å². The Hall–Kier alpha value is -1.55. The summed E-state index contributed by atoms with van der Waals surface area (Å²) in [5.41, 5.74) is 6.11. The molecule has 3 N–H and O–H groups in total. The third-order valence-corrected chi connectivity index (χ3v) is 2.48. The Morgan fingerprint density at radius 3 is 2.72 bits per heavy atom. The van der Waals surface area contributed by atoms with E-state index in [2.05, 4.69) is 5.32 Å². The van der Waals surface area contributed by atoms with Crippen LogP contribution in [0, 0.1) is 5.92 Å². The Bertz CT molecular complexity index is 391. The zero-order valence-electron chi connectivity index (χ0n) is 11.3. The summed E-state index contributed by atoms with van der Waals surface area (Å²) in [6, 6.07) is 7.19. The first-order valence-corrected chi connectivity index (χ1v) is 6.28. The van der Waals surface area contributed by atoms with E-state index >= 15 is 0 Å². The first-order chi connectivity index (χ1) is 8.52. The van der Waals surface area contributed by atoms with E-state index in [4.69, 9.17) is 10.5 Å². The second-order valence-electron chi connectivity index (χ2n) is 4.75. The zero-order valence-corrected chi connectivity index (χ0v) is 11.3. The van der Waals surface area contributed by atoms with Gasteiger partial charge >= 0.3 is 0 Å². The average molecular weight is 250 g/mol. The maximum absolute atomic E-state index is 11.9. The van der Waals surface area contributed by atoms with Crippen molar-refractivity contribution in [3.8, 4) is 5.75 Å². The maximum atomic E-state index is 11.9. The van der Waals surface area contributed by atoms with Crippen molar-refractivity contribution in [1.82, 2.24) is 5.32 Å². The van der Waals surface area contributed by atoms with Crippen molar-refractivity contribution < 1.29 is 9.53 Å². The molecule has 0 aromatic heterocycles. The number of benzene rings is 1. The fourth-order valence-corrected chi connectivity index (χ4v) is 1.44. The summed E-state index contributed by atoms with van der Waals surface area (Å²) >= 11 is 0. The van der Waals surface area contributed by atoms with Crippen molar-refractivity contribution >= 4 is 5.91 Å². The Labute approximate surface area is 109 Å². The Morgan fingerprint density at radius 2 is 2.11 bits per heavy atom. The molecule has 0 heterocycles. The quantitative estimate of drug-likeness (QED) is 0.809. The van der Waals surface area contributed by atoms with Crippen LogP contribution in [0.15, 0.2) is 24.3 Å². The van der Waals surface area contributed by atoms with Crippen molar-refractivity contribution in [3.63, 3.8) is 0 Å². The van der Waals surface area contributed by atoms with Crippen LogP contribution < -0.4 is 15.8 Å². The second kappa shape index (κ2) is 7.01. The minimum atomic E-state index is -0.0930. The van der Waals surface area contributed by atoms with Gasteiger partial charge in [0.05, 0.1) is 6.10 Å². The lowest BCUT2D eigenvalue weighted by molar-refractivity contribution is 0.0948. The van der Waals surface area contributed by atoms with Crippen molar-refractivity contribution in [2.45, 2.75) is 26.9 Å². The van der Waals surface area contributed by atoms with E-state index in [-0.39, 0.29) is 17.9 Å². The molecule has 18 heavy (non-hydrogen) atoms. The van der Waals surface area contributed by atoms with Gasteiger partial charge in [-0.15, -0.1) is 0 Å². The van der Waals surface area contributed by atoms with Gasteiger partial charge in [-0.1, -0.05) is 13.0 Å². The molecule has 4 heteroatoms. The van der Waals surface area contributed by atoms with E-state index in [1.165, 1.54) is 0 Å². The monoisotopic (exact) mass is 250 g/mol. The summed E-state index contributed by atoms with van der Waals surface area (Å²) in [5.74, 6) is 0.901. The van der Waals surface area contributed by atoms with Crippen molar-refractivity contribution in [3.05, 3.63) is 29.8 Å². The molecule has 1 atom stereocenters. The molecular formula is C14H22N2O2. The van der Waals surface area contributed by atoms with Gasteiger partial charge in [-0.3, -0.25) is 4.79 Å². The molecule has 4 nitrogen and oxygen atoms in total. The van der Waals surface area contributed by atoms with Crippen LogP contribution in [0.1, 0.15) is 31.1 Å². The normalized spacial score (nSPS) is 12.3. The molecule has 0 saturated heterocycles. The number of hydrogen-bond acceptors (Lipinski definition) is 3. The van der Waals surface area contributed by atoms with Gasteiger partial charge in [-0.25, -0.2) is 0 Å². The molecule has 0 fully saturated rings. The van der Waals surface area contributed by atoms with E-state index < -0.39 is 0 Å². The number of nitrogens with one attached hydrogen (secondary N) is 1. The lowest BCUT2D eigenvalue weighted by Gasteiger charge is -2.12. The molecular weight excluding hydrogens is 228 g/mol. The summed E-state index contributed by atoms with van der Waals surface area (Å²) in [7, 11) is 0. The number of carbonyl (C=O) groups excluding carboxylic acids is 1. The fourth-order valence-electron chi connectivity index (χ4n) is 1.44. The molecule has 1 rings (SSSR count). The van der Waals surface area contributed by atoms with Crippen LogP contribution in [-0.2, 0) is 0 Å². The first-order valence-electron chi connectivity index (χ1n) is 6.28. The minimum absolute atomic E-state index is 0.0930. The summed E-state index contributed by atoms with van der Waals surface area (Å²) < 4.78 is 5.55. The van der Waals surface area contributed by atoms with Gasteiger partial charge in [0.1, 0.15) is 5.75 Å². The third kappa shape index (κ3) is 4.75. The van der Waals surface area contributed by atoms with Crippen LogP contribution in [-0.4, -0.2) is 25.1 Å². The SMILES string of the molecule is CC(CN)CNC(=O)c1cccc(OC(C)C)c1. The molecule has 1 aromatic rings. The number of rotatable bonds is 6. The average Bonchev–Trinajstić information content (AvgIpc) is 2.35. The molecule has 1 unspecified atom stereocenters. The molecule has 100 valence electrons. The predicted octanol–water partition coefficient (Wildman–Crippen LogP) is 1.80. The van der Waals surface area contributed by atoms with Gasteiger partial charge in [-0.2, -0.15) is 0 Å². The highest BCUT2D eigenvalue weighted by Gasteiger charge is 2.08. The second-order valence-corrected chi connectivity index (χ2v) is 4.75. The maximum Gasteiger partial charge on any atom is 0.251 e. The standard InChI is InChI=1S/C14H22N2O2/c1-10(2)18-13-6-4-5-12(7-13)14(17)16-9-11(3)8-15/h4-7,10-11H,8-9,15H2,1-3H3,(H,16,17). The highest BCUT2D eigenvalue weighted by molar-refractivity contribution is 5.94. The molecule has 0 radical (unpaired) electrons. The smallest absolute Gasteiger partial charge is 0.251 e. The lowest BCUT2D eigenvalue weighted by atomic mass is 10.1. The van der Waals surface area contributed by atoms with Crippen molar-refractivity contribution in [2.24, 2.45) is 11.7 Å². The number of carbonyl (C=O) groups is 1. The summed E-state index contributed by atoms with van der Waals surface area (Å²) in [5, 5.41) is 2.86. The molecule has 0 aliphatic carbocycles. The van der Waals surface area contributed by atoms with Gasteiger partial charge < -0.3 is 15.8 Å². The number of ether oxygens (including phenoxy) is 1. The van der Waals surface area contributed by atoms with E-state index in [1.54, 1.807) is 12.1 Å². The molecule has 0 aliphatic heterocycles. The van der Waals surface area contributed by atoms with Gasteiger partial charge in [0.2, 0.25) is 0 Å². The summed E-state index contributed by atoms with van der Waals surface area (Å²) in [4.78, 5) is 11.9. The lowest BCUT2D eigenvalue weighted by Crippen LogP contribution is -2.31. The highest BCUT2D eigenvalue weighted by atomic mass is 16.5. The molecule has 1 aromatic carbocycles. The molecule has 0 aliphatic rings. The largest absolute Gasteiger partial charge is 0.491 e. The molecule has 0 saturated carbocycles. The molecule has 0 spiro atoms. The Kier molecular flexibility index (Phi) is 5.65. The Morgan fingerprint density at radius 1 is 1.39 bits per heavy atom. The predicted molar refractivity (Wildman–Crippen MR) is 72.8 cm³/mol. The van der Waals surface area contributed by atoms with Crippen molar-refractivity contribution in [1.29, 1.82) is 0 Å². The van der Waals surface area contributed by atoms with E-state index in [1.807, 2.05) is 32.9 Å². The van der Waals surface area contributed by atoms with Gasteiger partial charge in [0.25, 0.3) is 5.91 Å². The van der Waals surface area contributed by atoms with E-state index in [9.17, 15) is 4.79 Å².